The van der Waals surface area contributed by atoms with E-state index in [2.05, 4.69) is 31.2 Å². The van der Waals surface area contributed by atoms with Crippen molar-refractivity contribution in [2.24, 2.45) is 0 Å². The zero-order valence-corrected chi connectivity index (χ0v) is 11.7. The average Bonchev–Trinajstić information content (AvgIpc) is 2.30. The molecule has 1 nitrogen and oxygen atoms in total. The van der Waals surface area contributed by atoms with Crippen LogP contribution in [-0.4, -0.2) is 11.2 Å². The van der Waals surface area contributed by atoms with Gasteiger partial charge in [-0.15, -0.1) is 0 Å². The first kappa shape index (κ1) is 16.4. The van der Waals surface area contributed by atoms with Gasteiger partial charge in [0.2, 0.25) is 0 Å². The molecule has 0 saturated carbocycles. The molecule has 0 rings (SSSR count). The van der Waals surface area contributed by atoms with E-state index in [4.69, 9.17) is 5.11 Å². The zero-order chi connectivity index (χ0) is 12.8. The highest BCUT2D eigenvalue weighted by atomic mass is 16.3. The SMILES string of the molecule is CCCCCC=CCCCC=CCCC(C)O. The van der Waals surface area contributed by atoms with Crippen molar-refractivity contribution in [3.05, 3.63) is 24.3 Å². The van der Waals surface area contributed by atoms with Gasteiger partial charge in [0.25, 0.3) is 0 Å². The Morgan fingerprint density at radius 3 is 1.88 bits per heavy atom. The normalized spacial score (nSPS) is 13.8. The Morgan fingerprint density at radius 2 is 1.35 bits per heavy atom. The summed E-state index contributed by atoms with van der Waals surface area (Å²) in [4.78, 5) is 0. The first-order chi connectivity index (χ1) is 8.27. The molecule has 1 unspecified atom stereocenters. The molecule has 17 heavy (non-hydrogen) atoms. The van der Waals surface area contributed by atoms with Crippen LogP contribution in [0.15, 0.2) is 24.3 Å². The lowest BCUT2D eigenvalue weighted by Gasteiger charge is -1.98. The Balaban J connectivity index is 3.17. The number of hydrogen-bond acceptors (Lipinski definition) is 1. The minimum absolute atomic E-state index is 0.161. The fourth-order valence-electron chi connectivity index (χ4n) is 1.67. The molecule has 0 amide bonds. The number of unbranched alkanes of at least 4 members (excludes halogenated alkanes) is 5. The molecule has 0 aromatic carbocycles. The molecular formula is C16H30O. The van der Waals surface area contributed by atoms with E-state index in [0.717, 1.165) is 12.8 Å². The molecule has 0 saturated heterocycles. The van der Waals surface area contributed by atoms with Crippen molar-refractivity contribution in [1.82, 2.24) is 0 Å². The Bertz CT molecular complexity index is 192. The maximum Gasteiger partial charge on any atom is 0.0515 e. The lowest BCUT2D eigenvalue weighted by Crippen LogP contribution is -1.96. The van der Waals surface area contributed by atoms with Crippen LogP contribution in [0, 0.1) is 0 Å². The van der Waals surface area contributed by atoms with E-state index in [1.165, 1.54) is 44.9 Å². The molecule has 0 bridgehead atoms. The monoisotopic (exact) mass is 238 g/mol. The zero-order valence-electron chi connectivity index (χ0n) is 11.7. The number of hydrogen-bond donors (Lipinski definition) is 1. The fraction of sp³-hybridized carbons (Fsp3) is 0.750. The summed E-state index contributed by atoms with van der Waals surface area (Å²) in [6, 6.07) is 0. The van der Waals surface area contributed by atoms with E-state index < -0.39 is 0 Å². The van der Waals surface area contributed by atoms with Crippen molar-refractivity contribution >= 4 is 0 Å². The summed E-state index contributed by atoms with van der Waals surface area (Å²) in [7, 11) is 0. The predicted molar refractivity (Wildman–Crippen MR) is 77.2 cm³/mol. The first-order valence-electron chi connectivity index (χ1n) is 7.25. The molecule has 0 aliphatic carbocycles. The van der Waals surface area contributed by atoms with Crippen LogP contribution in [0.5, 0.6) is 0 Å². The van der Waals surface area contributed by atoms with E-state index >= 15 is 0 Å². The van der Waals surface area contributed by atoms with Gasteiger partial charge in [-0.3, -0.25) is 0 Å². The van der Waals surface area contributed by atoms with Crippen molar-refractivity contribution in [3.63, 3.8) is 0 Å². The van der Waals surface area contributed by atoms with Crippen molar-refractivity contribution < 1.29 is 5.11 Å². The van der Waals surface area contributed by atoms with Crippen LogP contribution in [0.25, 0.3) is 0 Å². The van der Waals surface area contributed by atoms with Crippen LogP contribution >= 0.6 is 0 Å². The molecule has 0 aliphatic rings. The third-order valence-corrected chi connectivity index (χ3v) is 2.80. The van der Waals surface area contributed by atoms with E-state index in [9.17, 15) is 0 Å². The maximum absolute atomic E-state index is 9.07. The van der Waals surface area contributed by atoms with Crippen LogP contribution in [-0.2, 0) is 0 Å². The van der Waals surface area contributed by atoms with Gasteiger partial charge in [0.05, 0.1) is 6.10 Å². The Hall–Kier alpha value is -0.560. The van der Waals surface area contributed by atoms with Crippen molar-refractivity contribution in [3.8, 4) is 0 Å². The summed E-state index contributed by atoms with van der Waals surface area (Å²) < 4.78 is 0. The van der Waals surface area contributed by atoms with Gasteiger partial charge in [-0.2, -0.15) is 0 Å². The van der Waals surface area contributed by atoms with Gasteiger partial charge < -0.3 is 5.11 Å². The van der Waals surface area contributed by atoms with E-state index in [0.29, 0.717) is 0 Å². The van der Waals surface area contributed by atoms with Crippen LogP contribution < -0.4 is 0 Å². The molecular weight excluding hydrogens is 208 g/mol. The van der Waals surface area contributed by atoms with Gasteiger partial charge in [-0.25, -0.2) is 0 Å². The number of aliphatic hydroxyl groups excluding tert-OH is 1. The molecule has 0 radical (unpaired) electrons. The molecule has 1 atom stereocenters. The molecule has 0 heterocycles. The number of allylic oxidation sites excluding steroid dienone is 4. The van der Waals surface area contributed by atoms with Crippen LogP contribution in [0.1, 0.15) is 71.6 Å². The standard InChI is InChI=1S/C16H30O/c1-3-4-5-6-7-8-9-10-11-12-13-14-15-16(2)17/h7-8,12-13,16-17H,3-6,9-11,14-15H2,1-2H3. The van der Waals surface area contributed by atoms with Crippen molar-refractivity contribution in [1.29, 1.82) is 0 Å². The Labute approximate surface area is 108 Å². The Morgan fingerprint density at radius 1 is 0.824 bits per heavy atom. The highest BCUT2D eigenvalue weighted by Crippen LogP contribution is 2.04. The smallest absolute Gasteiger partial charge is 0.0515 e. The topological polar surface area (TPSA) is 20.2 Å². The van der Waals surface area contributed by atoms with Gasteiger partial charge in [-0.1, -0.05) is 44.1 Å². The van der Waals surface area contributed by atoms with Gasteiger partial charge in [0, 0.05) is 0 Å². The highest BCUT2D eigenvalue weighted by Gasteiger charge is 1.90. The van der Waals surface area contributed by atoms with Crippen LogP contribution in [0.2, 0.25) is 0 Å². The molecule has 0 aliphatic heterocycles. The predicted octanol–water partition coefficient (Wildman–Crippen LogP) is 5.01. The summed E-state index contributed by atoms with van der Waals surface area (Å²) in [5, 5.41) is 9.07. The lowest BCUT2D eigenvalue weighted by molar-refractivity contribution is 0.186. The van der Waals surface area contributed by atoms with Gasteiger partial charge in [0.1, 0.15) is 0 Å². The maximum atomic E-state index is 9.07. The third kappa shape index (κ3) is 15.4. The van der Waals surface area contributed by atoms with Crippen LogP contribution in [0.4, 0.5) is 0 Å². The number of rotatable bonds is 11. The molecule has 1 heteroatoms. The first-order valence-corrected chi connectivity index (χ1v) is 7.25. The molecule has 0 spiro atoms. The quantitative estimate of drug-likeness (QED) is 0.396. The van der Waals surface area contributed by atoms with Gasteiger partial charge in [0.15, 0.2) is 0 Å². The second-order valence-electron chi connectivity index (χ2n) is 4.80. The minimum Gasteiger partial charge on any atom is -0.393 e. The average molecular weight is 238 g/mol. The third-order valence-electron chi connectivity index (χ3n) is 2.80. The van der Waals surface area contributed by atoms with E-state index in [1.54, 1.807) is 0 Å². The summed E-state index contributed by atoms with van der Waals surface area (Å²) in [6.45, 7) is 4.09. The second kappa shape index (κ2) is 13.5. The summed E-state index contributed by atoms with van der Waals surface area (Å²) in [5.41, 5.74) is 0. The second-order valence-corrected chi connectivity index (χ2v) is 4.80. The highest BCUT2D eigenvalue weighted by molar-refractivity contribution is 4.85. The summed E-state index contributed by atoms with van der Waals surface area (Å²) >= 11 is 0. The molecule has 0 aromatic heterocycles. The summed E-state index contributed by atoms with van der Waals surface area (Å²) in [5.74, 6) is 0. The molecule has 1 N–H and O–H groups in total. The van der Waals surface area contributed by atoms with Gasteiger partial charge in [-0.05, 0) is 51.9 Å². The molecule has 100 valence electrons. The lowest BCUT2D eigenvalue weighted by atomic mass is 10.1. The van der Waals surface area contributed by atoms with E-state index in [1.807, 2.05) is 6.92 Å². The minimum atomic E-state index is -0.161. The van der Waals surface area contributed by atoms with Crippen molar-refractivity contribution in [2.45, 2.75) is 77.7 Å². The fourth-order valence-corrected chi connectivity index (χ4v) is 1.67. The molecule has 0 aromatic rings. The molecule has 0 fully saturated rings. The largest absolute Gasteiger partial charge is 0.393 e. The van der Waals surface area contributed by atoms with Crippen molar-refractivity contribution in [2.75, 3.05) is 0 Å². The van der Waals surface area contributed by atoms with E-state index in [-0.39, 0.29) is 6.10 Å². The number of aliphatic hydroxyl groups is 1. The van der Waals surface area contributed by atoms with Crippen LogP contribution in [0.3, 0.4) is 0 Å². The van der Waals surface area contributed by atoms with Gasteiger partial charge >= 0.3 is 0 Å². The summed E-state index contributed by atoms with van der Waals surface area (Å²) in [6.07, 6.45) is 19.7. The Kier molecular flexibility index (Phi) is 13.1.